The molecule has 0 aliphatic heterocycles. The lowest BCUT2D eigenvalue weighted by molar-refractivity contribution is 0.815. The Balaban J connectivity index is 1.57. The molecule has 4 aromatic rings. The van der Waals surface area contributed by atoms with Crippen LogP contribution in [0, 0.1) is 4.77 Å². The first-order valence-corrected chi connectivity index (χ1v) is 8.82. The Bertz CT molecular complexity index is 1080. The second-order valence-corrected chi connectivity index (χ2v) is 6.81. The minimum Gasteiger partial charge on any atom is -0.364 e. The van der Waals surface area contributed by atoms with Crippen molar-refractivity contribution in [1.82, 2.24) is 30.1 Å². The highest BCUT2D eigenvalue weighted by molar-refractivity contribution is 7.71. The summed E-state index contributed by atoms with van der Waals surface area (Å²) in [7, 11) is 0. The molecule has 0 radical (unpaired) electrons. The Morgan fingerprint density at radius 2 is 2.00 bits per heavy atom. The van der Waals surface area contributed by atoms with Gasteiger partial charge in [-0.3, -0.25) is 5.10 Å². The molecule has 26 heavy (non-hydrogen) atoms. The standard InChI is InChI=1S/C18H19N7S/c1-10(2)14-15-16(25-24-14)17(23-18(26)22-15)20-7-11-3-5-12(6-4-11)13-8-19-9-21-13/h3-6,8-10H,7H2,1-2H3,(H,19,21)(H,24,25)(H2,20,22,23,26). The summed E-state index contributed by atoms with van der Waals surface area (Å²) in [6, 6.07) is 8.29. The minimum absolute atomic E-state index is 0.316. The van der Waals surface area contributed by atoms with Crippen LogP contribution >= 0.6 is 12.2 Å². The highest BCUT2D eigenvalue weighted by Gasteiger charge is 2.14. The molecule has 1 aromatic carbocycles. The topological polar surface area (TPSA) is 98.1 Å². The van der Waals surface area contributed by atoms with Crippen molar-refractivity contribution in [3.63, 3.8) is 0 Å². The molecule has 4 rings (SSSR count). The van der Waals surface area contributed by atoms with Gasteiger partial charge in [0.15, 0.2) is 16.1 Å². The van der Waals surface area contributed by atoms with Crippen LogP contribution in [0.15, 0.2) is 36.8 Å². The van der Waals surface area contributed by atoms with Gasteiger partial charge in [-0.25, -0.2) is 9.97 Å². The number of benzene rings is 1. The van der Waals surface area contributed by atoms with Crippen LogP contribution < -0.4 is 5.32 Å². The molecule has 4 N–H and O–H groups in total. The average molecular weight is 365 g/mol. The van der Waals surface area contributed by atoms with Gasteiger partial charge in [0, 0.05) is 6.54 Å². The Hall–Kier alpha value is -3.00. The number of anilines is 1. The number of hydrogen-bond acceptors (Lipinski definition) is 5. The summed E-state index contributed by atoms with van der Waals surface area (Å²) in [6.45, 7) is 4.85. The van der Waals surface area contributed by atoms with Crippen LogP contribution in [0.3, 0.4) is 0 Å². The lowest BCUT2D eigenvalue weighted by Crippen LogP contribution is -2.03. The third-order valence-electron chi connectivity index (χ3n) is 4.26. The highest BCUT2D eigenvalue weighted by Crippen LogP contribution is 2.25. The van der Waals surface area contributed by atoms with E-state index >= 15 is 0 Å². The summed E-state index contributed by atoms with van der Waals surface area (Å²) in [5.41, 5.74) is 5.96. The highest BCUT2D eigenvalue weighted by atomic mass is 32.1. The number of hydrogen-bond donors (Lipinski definition) is 4. The predicted octanol–water partition coefficient (Wildman–Crippen LogP) is 4.14. The van der Waals surface area contributed by atoms with Gasteiger partial charge in [-0.15, -0.1) is 0 Å². The van der Waals surface area contributed by atoms with E-state index in [1.54, 1.807) is 6.33 Å². The van der Waals surface area contributed by atoms with Crippen LogP contribution in [0.4, 0.5) is 5.82 Å². The summed E-state index contributed by atoms with van der Waals surface area (Å²) in [5.74, 6) is 1.00. The van der Waals surface area contributed by atoms with Crippen molar-refractivity contribution in [3.8, 4) is 11.3 Å². The number of nitrogens with zero attached hydrogens (tertiary/aromatic N) is 3. The van der Waals surface area contributed by atoms with E-state index in [0.717, 1.165) is 33.5 Å². The molecule has 3 aromatic heterocycles. The van der Waals surface area contributed by atoms with Crippen molar-refractivity contribution in [2.24, 2.45) is 0 Å². The zero-order chi connectivity index (χ0) is 18.1. The van der Waals surface area contributed by atoms with Crippen molar-refractivity contribution in [2.45, 2.75) is 26.3 Å². The normalized spacial score (nSPS) is 11.3. The van der Waals surface area contributed by atoms with E-state index in [1.165, 1.54) is 0 Å². The van der Waals surface area contributed by atoms with E-state index in [2.05, 4.69) is 73.6 Å². The summed E-state index contributed by atoms with van der Waals surface area (Å²) < 4.78 is 0.442. The van der Waals surface area contributed by atoms with Gasteiger partial charge < -0.3 is 15.3 Å². The molecule has 7 nitrogen and oxygen atoms in total. The first-order valence-electron chi connectivity index (χ1n) is 8.41. The number of aromatic nitrogens is 6. The molecule has 8 heteroatoms. The van der Waals surface area contributed by atoms with Crippen LogP contribution in [0.5, 0.6) is 0 Å². The fraction of sp³-hybridized carbons (Fsp3) is 0.222. The fourth-order valence-electron chi connectivity index (χ4n) is 2.89. The van der Waals surface area contributed by atoms with Crippen molar-refractivity contribution >= 4 is 29.1 Å². The van der Waals surface area contributed by atoms with E-state index in [0.29, 0.717) is 23.1 Å². The van der Waals surface area contributed by atoms with Gasteiger partial charge in [-0.1, -0.05) is 38.1 Å². The maximum Gasteiger partial charge on any atom is 0.199 e. The molecular formula is C18H19N7S. The van der Waals surface area contributed by atoms with Crippen molar-refractivity contribution in [2.75, 3.05) is 5.32 Å². The molecular weight excluding hydrogens is 346 g/mol. The van der Waals surface area contributed by atoms with Gasteiger partial charge in [0.05, 0.1) is 29.4 Å². The van der Waals surface area contributed by atoms with Crippen LogP contribution in [0.2, 0.25) is 0 Å². The van der Waals surface area contributed by atoms with Crippen molar-refractivity contribution in [3.05, 3.63) is 52.8 Å². The number of H-pyrrole nitrogens is 3. The second kappa shape index (κ2) is 6.72. The smallest absolute Gasteiger partial charge is 0.199 e. The number of aromatic amines is 3. The molecule has 0 spiro atoms. The van der Waals surface area contributed by atoms with Gasteiger partial charge in [0.2, 0.25) is 0 Å². The number of fused-ring (bicyclic) bond motifs is 1. The Morgan fingerprint density at radius 1 is 1.19 bits per heavy atom. The Labute approximate surface area is 155 Å². The lowest BCUT2D eigenvalue weighted by atomic mass is 10.1. The molecule has 0 bridgehead atoms. The van der Waals surface area contributed by atoms with Crippen LogP contribution in [-0.4, -0.2) is 30.1 Å². The van der Waals surface area contributed by atoms with Gasteiger partial charge in [0.1, 0.15) is 0 Å². The molecule has 132 valence electrons. The van der Waals surface area contributed by atoms with Crippen LogP contribution in [0.1, 0.15) is 31.0 Å². The SMILES string of the molecule is CC(C)c1[nH]nc2c(NCc3ccc(-c4cnc[nH]4)cc3)nc(=S)[nH]c12. The third kappa shape index (κ3) is 3.11. The lowest BCUT2D eigenvalue weighted by Gasteiger charge is -2.08. The van der Waals surface area contributed by atoms with E-state index in [9.17, 15) is 0 Å². The van der Waals surface area contributed by atoms with Gasteiger partial charge >= 0.3 is 0 Å². The van der Waals surface area contributed by atoms with E-state index in [-0.39, 0.29) is 0 Å². The van der Waals surface area contributed by atoms with Crippen molar-refractivity contribution < 1.29 is 0 Å². The molecule has 3 heterocycles. The molecule has 0 saturated heterocycles. The fourth-order valence-corrected chi connectivity index (χ4v) is 3.08. The van der Waals surface area contributed by atoms with Gasteiger partial charge in [-0.05, 0) is 29.3 Å². The van der Waals surface area contributed by atoms with Crippen LogP contribution in [0.25, 0.3) is 22.3 Å². The zero-order valence-electron chi connectivity index (χ0n) is 14.5. The maximum atomic E-state index is 5.28. The average Bonchev–Trinajstić information content (AvgIpc) is 3.29. The minimum atomic E-state index is 0.316. The van der Waals surface area contributed by atoms with E-state index < -0.39 is 0 Å². The monoisotopic (exact) mass is 365 g/mol. The first-order chi connectivity index (χ1) is 12.6. The first kappa shape index (κ1) is 16.5. The van der Waals surface area contributed by atoms with Crippen molar-refractivity contribution in [1.29, 1.82) is 0 Å². The maximum absolute atomic E-state index is 5.28. The predicted molar refractivity (Wildman–Crippen MR) is 105 cm³/mol. The summed E-state index contributed by atoms with van der Waals surface area (Å²) >= 11 is 5.28. The summed E-state index contributed by atoms with van der Waals surface area (Å²) in [5, 5.41) is 10.8. The number of imidazole rings is 1. The molecule has 0 aliphatic carbocycles. The number of rotatable bonds is 5. The third-order valence-corrected chi connectivity index (χ3v) is 4.46. The van der Waals surface area contributed by atoms with E-state index in [4.69, 9.17) is 12.2 Å². The quantitative estimate of drug-likeness (QED) is 0.398. The molecule has 0 saturated carbocycles. The Morgan fingerprint density at radius 3 is 2.69 bits per heavy atom. The molecule has 0 unspecified atom stereocenters. The molecule has 0 aliphatic rings. The van der Waals surface area contributed by atoms with Gasteiger partial charge in [-0.2, -0.15) is 5.10 Å². The molecule has 0 amide bonds. The summed E-state index contributed by atoms with van der Waals surface area (Å²) in [6.07, 6.45) is 3.49. The zero-order valence-corrected chi connectivity index (χ0v) is 15.3. The van der Waals surface area contributed by atoms with Crippen LogP contribution in [-0.2, 0) is 6.54 Å². The molecule has 0 atom stereocenters. The largest absolute Gasteiger partial charge is 0.364 e. The molecule has 0 fully saturated rings. The Kier molecular flexibility index (Phi) is 4.26. The number of nitrogens with one attached hydrogen (secondary N) is 4. The summed E-state index contributed by atoms with van der Waals surface area (Å²) in [4.78, 5) is 14.7. The van der Waals surface area contributed by atoms with E-state index in [1.807, 2.05) is 6.20 Å². The van der Waals surface area contributed by atoms with Gasteiger partial charge in [0.25, 0.3) is 0 Å². The second-order valence-electron chi connectivity index (χ2n) is 6.42.